The lowest BCUT2D eigenvalue weighted by molar-refractivity contribution is -0.137. The molecule has 1 aliphatic rings. The first-order valence-electron chi connectivity index (χ1n) is 12.4. The van der Waals surface area contributed by atoms with Crippen molar-refractivity contribution in [3.8, 4) is 0 Å². The Balaban J connectivity index is 1.70. The maximum atomic E-state index is 13.6. The smallest absolute Gasteiger partial charge is 0.390 e. The second-order valence-electron chi connectivity index (χ2n) is 9.35. The van der Waals surface area contributed by atoms with E-state index in [0.29, 0.717) is 36.1 Å². The molecule has 3 N–H and O–H groups in total. The second kappa shape index (κ2) is 9.77. The number of carbonyl (C=O) groups excluding carboxylic acids is 2. The standard InChI is InChI=1S/C28H27F3N4O3/c1-3-34(4-2)13-17(36)14-35-15-21(19-10-9-16(11-23(19)35)28(29,30)31)25-24(26(37)33-27(25)38)20-12-32-22-8-6-5-7-18(20)22/h5-12,15,17,32,36H,3-4,13-14H2,1-2H3,(H,33,37,38). The molecule has 5 rings (SSSR count). The third kappa shape index (κ3) is 4.50. The van der Waals surface area contributed by atoms with E-state index < -0.39 is 29.7 Å². The maximum Gasteiger partial charge on any atom is 0.416 e. The fourth-order valence-corrected chi connectivity index (χ4v) is 5.13. The van der Waals surface area contributed by atoms with Crippen LogP contribution in [0.4, 0.5) is 13.2 Å². The van der Waals surface area contributed by atoms with Crippen LogP contribution in [0.3, 0.4) is 0 Å². The van der Waals surface area contributed by atoms with E-state index >= 15 is 0 Å². The van der Waals surface area contributed by atoms with E-state index in [-0.39, 0.29) is 23.2 Å². The van der Waals surface area contributed by atoms with Gasteiger partial charge in [0.25, 0.3) is 11.8 Å². The van der Waals surface area contributed by atoms with E-state index in [1.165, 1.54) is 10.6 Å². The Kier molecular flexibility index (Phi) is 6.62. The van der Waals surface area contributed by atoms with Gasteiger partial charge in [-0.1, -0.05) is 38.1 Å². The Morgan fingerprint density at radius 3 is 2.34 bits per heavy atom. The van der Waals surface area contributed by atoms with Crippen LogP contribution < -0.4 is 5.32 Å². The quantitative estimate of drug-likeness (QED) is 0.298. The number of para-hydroxylation sites is 1. The number of alkyl halides is 3. The van der Waals surface area contributed by atoms with Crippen LogP contribution in [-0.2, 0) is 22.3 Å². The van der Waals surface area contributed by atoms with Crippen LogP contribution in [-0.4, -0.2) is 57.1 Å². The topological polar surface area (TPSA) is 90.4 Å². The van der Waals surface area contributed by atoms with E-state index in [2.05, 4.69) is 10.3 Å². The van der Waals surface area contributed by atoms with Crippen LogP contribution in [0.1, 0.15) is 30.5 Å². The van der Waals surface area contributed by atoms with Gasteiger partial charge in [-0.2, -0.15) is 13.2 Å². The summed E-state index contributed by atoms with van der Waals surface area (Å²) in [6.07, 6.45) is -2.24. The molecule has 10 heteroatoms. The van der Waals surface area contributed by atoms with E-state index in [1.807, 2.05) is 43.0 Å². The van der Waals surface area contributed by atoms with Crippen LogP contribution >= 0.6 is 0 Å². The lowest BCUT2D eigenvalue weighted by atomic mass is 9.95. The molecule has 4 aromatic rings. The van der Waals surface area contributed by atoms with Crippen LogP contribution in [0.2, 0.25) is 0 Å². The van der Waals surface area contributed by atoms with Gasteiger partial charge in [-0.25, -0.2) is 0 Å². The number of aliphatic hydroxyl groups is 1. The molecule has 0 radical (unpaired) electrons. The molecule has 3 heterocycles. The molecular formula is C28H27F3N4O3. The van der Waals surface area contributed by atoms with Crippen molar-refractivity contribution in [2.45, 2.75) is 32.7 Å². The summed E-state index contributed by atoms with van der Waals surface area (Å²) in [5.74, 6) is -1.21. The van der Waals surface area contributed by atoms with Crippen molar-refractivity contribution in [1.29, 1.82) is 0 Å². The average Bonchev–Trinajstić information content (AvgIpc) is 3.54. The summed E-state index contributed by atoms with van der Waals surface area (Å²) in [6.45, 7) is 5.70. The van der Waals surface area contributed by atoms with Crippen molar-refractivity contribution >= 4 is 44.8 Å². The van der Waals surface area contributed by atoms with Crippen molar-refractivity contribution in [2.24, 2.45) is 0 Å². The summed E-state index contributed by atoms with van der Waals surface area (Å²) in [4.78, 5) is 31.2. The summed E-state index contributed by atoms with van der Waals surface area (Å²) < 4.78 is 42.3. The monoisotopic (exact) mass is 524 g/mol. The number of aliphatic hydroxyl groups excluding tert-OH is 1. The zero-order valence-corrected chi connectivity index (χ0v) is 20.9. The Morgan fingerprint density at radius 2 is 1.66 bits per heavy atom. The lowest BCUT2D eigenvalue weighted by Crippen LogP contribution is -2.34. The molecule has 0 spiro atoms. The highest BCUT2D eigenvalue weighted by Crippen LogP contribution is 2.40. The largest absolute Gasteiger partial charge is 0.416 e. The highest BCUT2D eigenvalue weighted by molar-refractivity contribution is 6.50. The molecule has 0 bridgehead atoms. The number of rotatable bonds is 8. The minimum absolute atomic E-state index is 0.0135. The van der Waals surface area contributed by atoms with Crippen molar-refractivity contribution in [2.75, 3.05) is 19.6 Å². The van der Waals surface area contributed by atoms with Gasteiger partial charge >= 0.3 is 6.18 Å². The lowest BCUT2D eigenvalue weighted by Gasteiger charge is -2.22. The number of hydrogen-bond acceptors (Lipinski definition) is 4. The van der Waals surface area contributed by atoms with Gasteiger partial charge < -0.3 is 19.6 Å². The SMILES string of the molecule is CCN(CC)CC(O)Cn1cc(C2=C(c3c[nH]c4ccccc34)C(=O)NC2=O)c2ccc(C(F)(F)F)cc21. The van der Waals surface area contributed by atoms with E-state index in [1.54, 1.807) is 12.4 Å². The van der Waals surface area contributed by atoms with Crippen molar-refractivity contribution < 1.29 is 27.9 Å². The summed E-state index contributed by atoms with van der Waals surface area (Å²) >= 11 is 0. The number of halogens is 3. The summed E-state index contributed by atoms with van der Waals surface area (Å²) in [5, 5.41) is 14.2. The number of H-pyrrole nitrogens is 1. The molecule has 0 saturated carbocycles. The normalized spacial score (nSPS) is 15.3. The Hall–Kier alpha value is -3.89. The molecule has 2 aromatic carbocycles. The molecular weight excluding hydrogens is 497 g/mol. The predicted molar refractivity (Wildman–Crippen MR) is 139 cm³/mol. The highest BCUT2D eigenvalue weighted by atomic mass is 19.4. The molecule has 1 aliphatic heterocycles. The first-order valence-corrected chi connectivity index (χ1v) is 12.4. The first kappa shape index (κ1) is 25.7. The Morgan fingerprint density at radius 1 is 0.974 bits per heavy atom. The number of likely N-dealkylation sites (N-methyl/N-ethyl adjacent to an activating group) is 1. The maximum absolute atomic E-state index is 13.6. The second-order valence-corrected chi connectivity index (χ2v) is 9.35. The molecule has 198 valence electrons. The third-order valence-corrected chi connectivity index (χ3v) is 7.04. The minimum atomic E-state index is -4.57. The number of benzene rings is 2. The van der Waals surface area contributed by atoms with Crippen LogP contribution in [0.25, 0.3) is 33.0 Å². The van der Waals surface area contributed by atoms with E-state index in [0.717, 1.165) is 23.0 Å². The number of hydrogen-bond donors (Lipinski definition) is 3. The van der Waals surface area contributed by atoms with Crippen molar-refractivity contribution in [1.82, 2.24) is 19.8 Å². The average molecular weight is 525 g/mol. The summed E-state index contributed by atoms with van der Waals surface area (Å²) in [7, 11) is 0. The molecule has 0 aliphatic carbocycles. The number of nitrogens with one attached hydrogen (secondary N) is 2. The molecule has 7 nitrogen and oxygen atoms in total. The molecule has 1 unspecified atom stereocenters. The zero-order chi connectivity index (χ0) is 27.2. The fourth-order valence-electron chi connectivity index (χ4n) is 5.13. The van der Waals surface area contributed by atoms with Crippen LogP contribution in [0.5, 0.6) is 0 Å². The summed E-state index contributed by atoms with van der Waals surface area (Å²) in [5.41, 5.74) is 1.23. The number of nitrogens with zero attached hydrogens (tertiary/aromatic N) is 2. The number of amides is 2. The fraction of sp³-hybridized carbons (Fsp3) is 0.286. The van der Waals surface area contributed by atoms with Gasteiger partial charge in [0.15, 0.2) is 0 Å². The number of aromatic amines is 1. The number of aromatic nitrogens is 2. The number of imide groups is 1. The summed E-state index contributed by atoms with van der Waals surface area (Å²) in [6, 6.07) is 10.6. The van der Waals surface area contributed by atoms with Crippen LogP contribution in [0.15, 0.2) is 54.9 Å². The first-order chi connectivity index (χ1) is 18.1. The molecule has 2 amide bonds. The molecule has 0 fully saturated rings. The Bertz CT molecular complexity index is 1580. The van der Waals surface area contributed by atoms with Crippen molar-refractivity contribution in [3.63, 3.8) is 0 Å². The van der Waals surface area contributed by atoms with Gasteiger partial charge in [0.1, 0.15) is 0 Å². The van der Waals surface area contributed by atoms with Gasteiger partial charge in [-0.3, -0.25) is 14.9 Å². The molecule has 1 atom stereocenters. The van der Waals surface area contributed by atoms with Crippen LogP contribution in [0, 0.1) is 0 Å². The molecule has 38 heavy (non-hydrogen) atoms. The third-order valence-electron chi connectivity index (χ3n) is 7.04. The Labute approximate surface area is 216 Å². The van der Waals surface area contributed by atoms with Gasteiger partial charge in [0, 0.05) is 58.4 Å². The predicted octanol–water partition coefficient (Wildman–Crippen LogP) is 4.41. The molecule has 0 saturated heterocycles. The van der Waals surface area contributed by atoms with Crippen molar-refractivity contribution in [3.05, 3.63) is 71.5 Å². The van der Waals surface area contributed by atoms with E-state index in [9.17, 15) is 27.9 Å². The van der Waals surface area contributed by atoms with Gasteiger partial charge in [-0.15, -0.1) is 0 Å². The van der Waals surface area contributed by atoms with Gasteiger partial charge in [0.2, 0.25) is 0 Å². The zero-order valence-electron chi connectivity index (χ0n) is 20.9. The van der Waals surface area contributed by atoms with E-state index in [4.69, 9.17) is 0 Å². The van der Waals surface area contributed by atoms with Gasteiger partial charge in [-0.05, 0) is 31.3 Å². The highest BCUT2D eigenvalue weighted by Gasteiger charge is 2.36. The van der Waals surface area contributed by atoms with Gasteiger partial charge in [0.05, 0.1) is 22.8 Å². The minimum Gasteiger partial charge on any atom is -0.390 e. The number of carbonyl (C=O) groups is 2. The molecule has 2 aromatic heterocycles. The number of fused-ring (bicyclic) bond motifs is 2.